The van der Waals surface area contributed by atoms with Gasteiger partial charge in [0.1, 0.15) is 6.04 Å². The lowest BCUT2D eigenvalue weighted by Crippen LogP contribution is -2.47. The summed E-state index contributed by atoms with van der Waals surface area (Å²) < 4.78 is 6.39. The van der Waals surface area contributed by atoms with Crippen LogP contribution in [0.5, 0.6) is 0 Å². The molecule has 8 heteroatoms. The van der Waals surface area contributed by atoms with Crippen LogP contribution in [0.15, 0.2) is 71.2 Å². The number of rotatable bonds is 8. The number of likely N-dealkylation sites (tertiary alicyclic amines) is 1. The van der Waals surface area contributed by atoms with Crippen LogP contribution < -0.4 is 5.32 Å². The normalized spacial score (nSPS) is 22.5. The van der Waals surface area contributed by atoms with E-state index in [-0.39, 0.29) is 36.0 Å². The van der Waals surface area contributed by atoms with Crippen molar-refractivity contribution < 1.29 is 23.9 Å². The van der Waals surface area contributed by atoms with Gasteiger partial charge in [0.2, 0.25) is 11.8 Å². The molecule has 0 spiro atoms. The van der Waals surface area contributed by atoms with Crippen molar-refractivity contribution in [1.82, 2.24) is 4.90 Å². The highest BCUT2D eigenvalue weighted by atomic mass is 79.9. The maximum absolute atomic E-state index is 14.2. The van der Waals surface area contributed by atoms with Gasteiger partial charge in [-0.15, -0.1) is 0 Å². The van der Waals surface area contributed by atoms with Gasteiger partial charge in [-0.05, 0) is 64.8 Å². The van der Waals surface area contributed by atoms with Crippen molar-refractivity contribution in [2.75, 3.05) is 11.9 Å². The summed E-state index contributed by atoms with van der Waals surface area (Å²) in [5.74, 6) is -3.57. The number of amides is 3. The Morgan fingerprint density at radius 1 is 0.881 bits per heavy atom. The van der Waals surface area contributed by atoms with Gasteiger partial charge in [0.25, 0.3) is 5.91 Å². The Balaban J connectivity index is 1.26. The van der Waals surface area contributed by atoms with Crippen LogP contribution in [0.25, 0.3) is 0 Å². The predicted molar refractivity (Wildman–Crippen MR) is 162 cm³/mol. The number of nitrogens with zero attached hydrogens (tertiary/aromatic N) is 1. The van der Waals surface area contributed by atoms with Crippen molar-refractivity contribution in [2.45, 2.75) is 51.5 Å². The standard InChI is InChI=1S/C34H33BrN2O5/c1-4-19-16-20(35)13-14-25(19)36-27(38)17-42-34(41)26(15-18(2)3)37-32(39)30-28-21-9-5-6-10-22(21)29(31(30)33(37)40)24-12-8-7-11-23(24)28/h5-14,16,18,26,28-31H,4,15,17H2,1-3H3,(H,36,38)/t26-,28?,29?,30+,31+/m0/s1. The van der Waals surface area contributed by atoms with Crippen molar-refractivity contribution in [2.24, 2.45) is 17.8 Å². The fraction of sp³-hybridized carbons (Fsp3) is 0.353. The second kappa shape index (κ2) is 11.1. The number of halogens is 1. The number of hydrogen-bond donors (Lipinski definition) is 1. The number of esters is 1. The minimum Gasteiger partial charge on any atom is -0.454 e. The molecule has 42 heavy (non-hydrogen) atoms. The lowest BCUT2D eigenvalue weighted by molar-refractivity contribution is -0.160. The molecule has 0 aromatic heterocycles. The molecule has 1 fully saturated rings. The molecule has 216 valence electrons. The summed E-state index contributed by atoms with van der Waals surface area (Å²) in [6.07, 6.45) is 0.960. The maximum Gasteiger partial charge on any atom is 0.329 e. The van der Waals surface area contributed by atoms with E-state index in [2.05, 4.69) is 21.2 Å². The quantitative estimate of drug-likeness (QED) is 0.251. The molecule has 1 heterocycles. The number of aryl methyl sites for hydroxylation is 1. The summed E-state index contributed by atoms with van der Waals surface area (Å²) in [4.78, 5) is 55.8. The number of ether oxygens (including phenoxy) is 1. The monoisotopic (exact) mass is 628 g/mol. The van der Waals surface area contributed by atoms with E-state index >= 15 is 0 Å². The topological polar surface area (TPSA) is 92.8 Å². The Morgan fingerprint density at radius 2 is 1.40 bits per heavy atom. The Morgan fingerprint density at radius 3 is 1.88 bits per heavy atom. The van der Waals surface area contributed by atoms with Crippen LogP contribution in [0.1, 0.15) is 66.8 Å². The summed E-state index contributed by atoms with van der Waals surface area (Å²) in [5, 5.41) is 2.81. The molecule has 3 aromatic rings. The summed E-state index contributed by atoms with van der Waals surface area (Å²) in [6.45, 7) is 5.33. The molecule has 3 atom stereocenters. The van der Waals surface area contributed by atoms with Gasteiger partial charge < -0.3 is 10.1 Å². The van der Waals surface area contributed by atoms with Gasteiger partial charge in [0, 0.05) is 22.0 Å². The molecule has 3 aliphatic carbocycles. The lowest BCUT2D eigenvalue weighted by atomic mass is 9.55. The Labute approximate surface area is 253 Å². The molecule has 0 unspecified atom stereocenters. The fourth-order valence-corrected chi connectivity index (χ4v) is 7.57. The molecule has 0 radical (unpaired) electrons. The molecule has 2 bridgehead atoms. The SMILES string of the molecule is CCc1cc(Br)ccc1NC(=O)COC(=O)[C@H](CC(C)C)N1C(=O)[C@@H]2C3c4ccccc4C(c4ccccc43)[C@H]2C1=O. The molecule has 0 saturated carbocycles. The third kappa shape index (κ3) is 4.66. The van der Waals surface area contributed by atoms with Gasteiger partial charge in [-0.25, -0.2) is 4.79 Å². The molecule has 7 nitrogen and oxygen atoms in total. The van der Waals surface area contributed by atoms with Crippen molar-refractivity contribution in [1.29, 1.82) is 0 Å². The van der Waals surface area contributed by atoms with Gasteiger partial charge in [0.15, 0.2) is 6.61 Å². The molecule has 7 rings (SSSR count). The summed E-state index contributed by atoms with van der Waals surface area (Å²) in [6, 6.07) is 20.5. The number of hydrogen-bond acceptors (Lipinski definition) is 5. The second-order valence-corrected chi connectivity index (χ2v) is 12.7. The van der Waals surface area contributed by atoms with Crippen molar-refractivity contribution in [3.63, 3.8) is 0 Å². The fourth-order valence-electron chi connectivity index (χ4n) is 7.16. The number of nitrogens with one attached hydrogen (secondary N) is 1. The van der Waals surface area contributed by atoms with Crippen LogP contribution in [0.2, 0.25) is 0 Å². The van der Waals surface area contributed by atoms with E-state index in [0.717, 1.165) is 37.2 Å². The maximum atomic E-state index is 14.2. The lowest BCUT2D eigenvalue weighted by Gasteiger charge is -2.45. The van der Waals surface area contributed by atoms with E-state index in [4.69, 9.17) is 4.74 Å². The average Bonchev–Trinajstić information content (AvgIpc) is 3.25. The summed E-state index contributed by atoms with van der Waals surface area (Å²) >= 11 is 3.44. The van der Waals surface area contributed by atoms with E-state index in [9.17, 15) is 19.2 Å². The van der Waals surface area contributed by atoms with Crippen molar-refractivity contribution in [3.8, 4) is 0 Å². The molecule has 3 amide bonds. The predicted octanol–water partition coefficient (Wildman–Crippen LogP) is 5.80. The second-order valence-electron chi connectivity index (χ2n) is 11.8. The number of anilines is 1. The van der Waals surface area contributed by atoms with Gasteiger partial charge in [-0.2, -0.15) is 0 Å². The molecule has 1 saturated heterocycles. The highest BCUT2D eigenvalue weighted by Gasteiger charge is 2.63. The van der Waals surface area contributed by atoms with Crippen LogP contribution in [-0.4, -0.2) is 41.2 Å². The molecule has 4 aliphatic rings. The minimum atomic E-state index is -1.10. The molecule has 1 N–H and O–H groups in total. The van der Waals surface area contributed by atoms with Crippen LogP contribution in [0.4, 0.5) is 5.69 Å². The zero-order chi connectivity index (χ0) is 29.7. The molecular formula is C34H33BrN2O5. The highest BCUT2D eigenvalue weighted by molar-refractivity contribution is 9.10. The largest absolute Gasteiger partial charge is 0.454 e. The first kappa shape index (κ1) is 28.3. The third-order valence-corrected chi connectivity index (χ3v) is 9.32. The van der Waals surface area contributed by atoms with Gasteiger partial charge >= 0.3 is 5.97 Å². The Bertz CT molecular complexity index is 1480. The van der Waals surface area contributed by atoms with E-state index in [1.807, 2.05) is 81.4 Å². The smallest absolute Gasteiger partial charge is 0.329 e. The van der Waals surface area contributed by atoms with Gasteiger partial charge in [-0.3, -0.25) is 19.3 Å². The Kier molecular flexibility index (Phi) is 7.51. The van der Waals surface area contributed by atoms with Gasteiger partial charge in [-0.1, -0.05) is 85.2 Å². The highest BCUT2D eigenvalue weighted by Crippen LogP contribution is 2.61. The van der Waals surface area contributed by atoms with E-state index in [0.29, 0.717) is 12.1 Å². The Hall–Kier alpha value is -3.78. The van der Waals surface area contributed by atoms with E-state index in [1.165, 1.54) is 0 Å². The number of carbonyl (C=O) groups is 4. The zero-order valence-electron chi connectivity index (χ0n) is 23.8. The number of benzene rings is 3. The van der Waals surface area contributed by atoms with E-state index in [1.54, 1.807) is 6.07 Å². The van der Waals surface area contributed by atoms with E-state index < -0.39 is 36.4 Å². The molecular weight excluding hydrogens is 596 g/mol. The molecule has 1 aliphatic heterocycles. The zero-order valence-corrected chi connectivity index (χ0v) is 25.4. The van der Waals surface area contributed by atoms with Crippen LogP contribution in [0, 0.1) is 17.8 Å². The van der Waals surface area contributed by atoms with Crippen LogP contribution >= 0.6 is 15.9 Å². The first-order valence-electron chi connectivity index (χ1n) is 14.5. The number of carbonyl (C=O) groups excluding carboxylic acids is 4. The summed E-state index contributed by atoms with van der Waals surface area (Å²) in [7, 11) is 0. The minimum absolute atomic E-state index is 0.000555. The van der Waals surface area contributed by atoms with Crippen molar-refractivity contribution in [3.05, 3.63) is 99.0 Å². The first-order valence-corrected chi connectivity index (χ1v) is 15.3. The third-order valence-electron chi connectivity index (χ3n) is 8.83. The number of imide groups is 1. The van der Waals surface area contributed by atoms with Gasteiger partial charge in [0.05, 0.1) is 11.8 Å². The van der Waals surface area contributed by atoms with Crippen LogP contribution in [-0.2, 0) is 30.3 Å². The average molecular weight is 630 g/mol. The van der Waals surface area contributed by atoms with Crippen molar-refractivity contribution >= 4 is 45.3 Å². The summed E-state index contributed by atoms with van der Waals surface area (Å²) in [5.41, 5.74) is 5.88. The first-order chi connectivity index (χ1) is 20.2. The van der Waals surface area contributed by atoms with Crippen LogP contribution in [0.3, 0.4) is 0 Å². The molecule has 3 aromatic carbocycles.